The maximum Gasteiger partial charge on any atom is 0.435 e. The molecule has 3 heterocycles. The first-order valence-corrected chi connectivity index (χ1v) is 9.51. The molecule has 0 aliphatic heterocycles. The fourth-order valence-corrected chi connectivity index (χ4v) is 3.48. The van der Waals surface area contributed by atoms with E-state index >= 15 is 0 Å². The average molecular weight is 396 g/mol. The molecule has 3 rings (SSSR count). The van der Waals surface area contributed by atoms with E-state index in [1.54, 1.807) is 6.92 Å². The van der Waals surface area contributed by atoms with Crippen LogP contribution in [0.25, 0.3) is 22.6 Å². The highest BCUT2D eigenvalue weighted by molar-refractivity contribution is 7.91. The molecule has 0 aliphatic rings. The van der Waals surface area contributed by atoms with Gasteiger partial charge in [-0.2, -0.15) is 18.3 Å². The summed E-state index contributed by atoms with van der Waals surface area (Å²) >= 11 is 0. The van der Waals surface area contributed by atoms with Gasteiger partial charge in [0.25, 0.3) is 0 Å². The topological polar surface area (TPSA) is 77.2 Å². The fraction of sp³-hybridized carbons (Fsp3) is 0.235. The highest BCUT2D eigenvalue weighted by Crippen LogP contribution is 2.30. The molecular weight excluding hydrogens is 381 g/mol. The molecule has 3 aromatic rings. The van der Waals surface area contributed by atoms with E-state index in [9.17, 15) is 21.6 Å². The third-order valence-electron chi connectivity index (χ3n) is 3.92. The SMILES string of the molecule is C=C(C)c1cnc(-c2ccn3nc(C(F)(F)F)cc3n2)c(S(=O)(=O)CC)c1. The normalized spacial score (nSPS) is 12.5. The number of allylic oxidation sites excluding steroid dienone is 1. The summed E-state index contributed by atoms with van der Waals surface area (Å²) < 4.78 is 64.5. The van der Waals surface area contributed by atoms with Crippen LogP contribution < -0.4 is 0 Å². The molecule has 0 radical (unpaired) electrons. The monoisotopic (exact) mass is 396 g/mol. The molecule has 0 N–H and O–H groups in total. The Morgan fingerprint density at radius 2 is 2.00 bits per heavy atom. The Labute approximate surface area is 153 Å². The Morgan fingerprint density at radius 1 is 1.30 bits per heavy atom. The van der Waals surface area contributed by atoms with E-state index in [0.717, 1.165) is 10.6 Å². The van der Waals surface area contributed by atoms with E-state index in [1.807, 2.05) is 0 Å². The number of hydrogen-bond acceptors (Lipinski definition) is 5. The molecule has 0 bridgehead atoms. The molecular formula is C17H15F3N4O2S. The summed E-state index contributed by atoms with van der Waals surface area (Å²) in [6.45, 7) is 6.99. The summed E-state index contributed by atoms with van der Waals surface area (Å²) in [7, 11) is -3.65. The molecule has 27 heavy (non-hydrogen) atoms. The molecule has 0 amide bonds. The number of rotatable bonds is 4. The molecule has 0 fully saturated rings. The van der Waals surface area contributed by atoms with E-state index in [2.05, 4.69) is 21.6 Å². The van der Waals surface area contributed by atoms with Crippen LogP contribution >= 0.6 is 0 Å². The molecule has 6 nitrogen and oxygen atoms in total. The Kier molecular flexibility index (Phi) is 4.54. The van der Waals surface area contributed by atoms with Gasteiger partial charge in [0, 0.05) is 18.5 Å². The summed E-state index contributed by atoms with van der Waals surface area (Å²) in [6, 6.07) is 3.62. The lowest BCUT2D eigenvalue weighted by Crippen LogP contribution is -2.08. The van der Waals surface area contributed by atoms with Gasteiger partial charge in [-0.1, -0.05) is 13.5 Å². The van der Waals surface area contributed by atoms with Crippen LogP contribution in [0, 0.1) is 0 Å². The predicted molar refractivity (Wildman–Crippen MR) is 93.7 cm³/mol. The van der Waals surface area contributed by atoms with Crippen LogP contribution in [-0.4, -0.2) is 33.8 Å². The molecule has 0 spiro atoms. The Bertz CT molecular complexity index is 1150. The lowest BCUT2D eigenvalue weighted by molar-refractivity contribution is -0.141. The van der Waals surface area contributed by atoms with E-state index in [4.69, 9.17) is 0 Å². The van der Waals surface area contributed by atoms with E-state index < -0.39 is 21.7 Å². The van der Waals surface area contributed by atoms with E-state index in [-0.39, 0.29) is 27.7 Å². The van der Waals surface area contributed by atoms with Gasteiger partial charge in [0.05, 0.1) is 16.3 Å². The van der Waals surface area contributed by atoms with Crippen molar-refractivity contribution in [1.82, 2.24) is 19.6 Å². The molecule has 0 saturated carbocycles. The van der Waals surface area contributed by atoms with Gasteiger partial charge in [0.2, 0.25) is 0 Å². The Balaban J connectivity index is 2.22. The van der Waals surface area contributed by atoms with Crippen molar-refractivity contribution in [2.75, 3.05) is 5.75 Å². The molecule has 0 aliphatic carbocycles. The van der Waals surface area contributed by atoms with Crippen molar-refractivity contribution in [2.45, 2.75) is 24.9 Å². The number of pyridine rings is 1. The summed E-state index contributed by atoms with van der Waals surface area (Å²) in [4.78, 5) is 8.26. The first kappa shape index (κ1) is 19.0. The van der Waals surface area contributed by atoms with Crippen LogP contribution in [0.15, 0.2) is 42.1 Å². The van der Waals surface area contributed by atoms with Crippen molar-refractivity contribution in [3.63, 3.8) is 0 Å². The summed E-state index contributed by atoms with van der Waals surface area (Å²) in [5.74, 6) is -0.158. The molecule has 0 unspecified atom stereocenters. The van der Waals surface area contributed by atoms with Crippen molar-refractivity contribution in [3.05, 3.63) is 48.4 Å². The molecule has 0 aromatic carbocycles. The van der Waals surface area contributed by atoms with Gasteiger partial charge in [0.1, 0.15) is 5.69 Å². The van der Waals surface area contributed by atoms with Crippen molar-refractivity contribution in [2.24, 2.45) is 0 Å². The molecule has 10 heteroatoms. The minimum atomic E-state index is -4.61. The minimum Gasteiger partial charge on any atom is -0.253 e. The van der Waals surface area contributed by atoms with E-state index in [1.165, 1.54) is 31.5 Å². The maximum absolute atomic E-state index is 12.8. The number of hydrogen-bond donors (Lipinski definition) is 0. The zero-order valence-corrected chi connectivity index (χ0v) is 15.3. The fourth-order valence-electron chi connectivity index (χ4n) is 2.41. The molecule has 142 valence electrons. The third-order valence-corrected chi connectivity index (χ3v) is 5.66. The van der Waals surface area contributed by atoms with Crippen LogP contribution in [0.2, 0.25) is 0 Å². The smallest absolute Gasteiger partial charge is 0.253 e. The molecule has 0 atom stereocenters. The van der Waals surface area contributed by atoms with Crippen LogP contribution in [0.4, 0.5) is 13.2 Å². The summed E-state index contributed by atoms with van der Waals surface area (Å²) in [5.41, 5.74) is 0.242. The highest BCUT2D eigenvalue weighted by Gasteiger charge is 2.34. The van der Waals surface area contributed by atoms with Crippen molar-refractivity contribution >= 4 is 21.1 Å². The van der Waals surface area contributed by atoms with Gasteiger partial charge in [-0.3, -0.25) is 4.98 Å². The van der Waals surface area contributed by atoms with Crippen molar-refractivity contribution < 1.29 is 21.6 Å². The molecule has 0 saturated heterocycles. The van der Waals surface area contributed by atoms with Crippen LogP contribution in [0.3, 0.4) is 0 Å². The first-order chi connectivity index (χ1) is 12.5. The molecule has 3 aromatic heterocycles. The van der Waals surface area contributed by atoms with Gasteiger partial charge in [-0.25, -0.2) is 17.9 Å². The minimum absolute atomic E-state index is 0.0436. The van der Waals surface area contributed by atoms with Crippen LogP contribution in [-0.2, 0) is 16.0 Å². The number of fused-ring (bicyclic) bond motifs is 1. The van der Waals surface area contributed by atoms with Gasteiger partial charge in [-0.05, 0) is 30.2 Å². The van der Waals surface area contributed by atoms with Crippen molar-refractivity contribution in [3.8, 4) is 11.4 Å². The van der Waals surface area contributed by atoms with Gasteiger partial charge in [0.15, 0.2) is 21.2 Å². The van der Waals surface area contributed by atoms with Gasteiger partial charge >= 0.3 is 6.18 Å². The third kappa shape index (κ3) is 3.57. The Hall–Kier alpha value is -2.75. The van der Waals surface area contributed by atoms with Crippen LogP contribution in [0.5, 0.6) is 0 Å². The zero-order valence-electron chi connectivity index (χ0n) is 14.4. The lowest BCUT2D eigenvalue weighted by atomic mass is 10.1. The number of aromatic nitrogens is 4. The quantitative estimate of drug-likeness (QED) is 0.673. The average Bonchev–Trinajstić information content (AvgIpc) is 3.04. The largest absolute Gasteiger partial charge is 0.435 e. The van der Waals surface area contributed by atoms with Crippen molar-refractivity contribution in [1.29, 1.82) is 0 Å². The zero-order chi connectivity index (χ0) is 20.0. The highest BCUT2D eigenvalue weighted by atomic mass is 32.2. The predicted octanol–water partition coefficient (Wildman–Crippen LogP) is 3.64. The second-order valence-corrected chi connectivity index (χ2v) is 8.14. The van der Waals surface area contributed by atoms with E-state index in [0.29, 0.717) is 11.1 Å². The van der Waals surface area contributed by atoms with Crippen LogP contribution in [0.1, 0.15) is 25.1 Å². The van der Waals surface area contributed by atoms with Gasteiger partial charge in [-0.15, -0.1) is 0 Å². The second-order valence-electron chi connectivity index (χ2n) is 5.90. The number of alkyl halides is 3. The summed E-state index contributed by atoms with van der Waals surface area (Å²) in [5, 5.41) is 3.42. The van der Waals surface area contributed by atoms with Gasteiger partial charge < -0.3 is 0 Å². The Morgan fingerprint density at radius 3 is 2.59 bits per heavy atom. The lowest BCUT2D eigenvalue weighted by Gasteiger charge is -2.10. The maximum atomic E-state index is 12.8. The number of sulfone groups is 1. The number of nitrogens with zero attached hydrogens (tertiary/aromatic N) is 4. The second kappa shape index (κ2) is 6.45. The standard InChI is InChI=1S/C17H15F3N4O2S/c1-4-27(25,26)13-7-11(10(2)3)9-21-16(13)12-5-6-24-15(22-12)8-14(23-24)17(18,19)20/h5-9H,2,4H2,1,3H3. The first-order valence-electron chi connectivity index (χ1n) is 7.85. The summed E-state index contributed by atoms with van der Waals surface area (Å²) in [6.07, 6.45) is -1.87. The number of halogens is 3.